The Hall–Kier alpha value is -1.10. The van der Waals surface area contributed by atoms with Crippen molar-refractivity contribution in [1.82, 2.24) is 5.01 Å². The van der Waals surface area contributed by atoms with Crippen molar-refractivity contribution in [2.24, 2.45) is 17.5 Å². The highest BCUT2D eigenvalue weighted by molar-refractivity contribution is 5.12. The highest BCUT2D eigenvalue weighted by Gasteiger charge is 2.07. The minimum Gasteiger partial charge on any atom is -0.393 e. The van der Waals surface area contributed by atoms with E-state index in [0.29, 0.717) is 19.5 Å². The zero-order valence-corrected chi connectivity index (χ0v) is 11.8. The molecule has 0 fully saturated rings. The first kappa shape index (κ1) is 16.9. The Bertz CT molecular complexity index is 308. The predicted octanol–water partition coefficient (Wildman–Crippen LogP) is 1.54. The van der Waals surface area contributed by atoms with Gasteiger partial charge in [0, 0.05) is 12.2 Å². The molecule has 1 unspecified atom stereocenters. The molecule has 5 N–H and O–H groups in total. The summed E-state index contributed by atoms with van der Waals surface area (Å²) in [6.07, 6.45) is 6.28. The smallest absolute Gasteiger partial charge is 0.0522 e. The summed E-state index contributed by atoms with van der Waals surface area (Å²) >= 11 is 0. The molecule has 0 saturated heterocycles. The Kier molecular flexibility index (Phi) is 8.37. The Morgan fingerprint density at radius 2 is 2.06 bits per heavy atom. The number of aliphatic hydroxyl groups is 1. The molecular weight excluding hydrogens is 226 g/mol. The number of nitrogens with two attached hydrogens (primary N) is 2. The fraction of sp³-hybridized carbons (Fsp3) is 0.571. The fourth-order valence-electron chi connectivity index (χ4n) is 1.70. The summed E-state index contributed by atoms with van der Waals surface area (Å²) in [4.78, 5) is 0. The van der Waals surface area contributed by atoms with Crippen molar-refractivity contribution in [3.05, 3.63) is 36.1 Å². The second-order valence-corrected chi connectivity index (χ2v) is 4.83. The maximum atomic E-state index is 9.32. The van der Waals surface area contributed by atoms with E-state index in [1.807, 2.05) is 32.1 Å². The van der Waals surface area contributed by atoms with Crippen molar-refractivity contribution >= 4 is 0 Å². The van der Waals surface area contributed by atoms with Crippen molar-refractivity contribution in [3.63, 3.8) is 0 Å². The maximum Gasteiger partial charge on any atom is 0.0522 e. The molecule has 104 valence electrons. The van der Waals surface area contributed by atoms with Crippen LogP contribution in [0.1, 0.15) is 27.2 Å². The third kappa shape index (κ3) is 8.06. The third-order valence-corrected chi connectivity index (χ3v) is 2.47. The number of hydrazine groups is 1. The van der Waals surface area contributed by atoms with Crippen LogP contribution in [-0.2, 0) is 0 Å². The highest BCUT2D eigenvalue weighted by atomic mass is 16.3. The molecule has 0 bridgehead atoms. The maximum absolute atomic E-state index is 9.32. The molecule has 0 rings (SSSR count). The number of rotatable bonds is 8. The van der Waals surface area contributed by atoms with Crippen molar-refractivity contribution in [1.29, 1.82) is 0 Å². The van der Waals surface area contributed by atoms with Crippen molar-refractivity contribution in [2.75, 3.05) is 13.1 Å². The molecule has 4 nitrogen and oxygen atoms in total. The normalized spacial score (nSPS) is 15.8. The average Bonchev–Trinajstić information content (AvgIpc) is 2.24. The van der Waals surface area contributed by atoms with Gasteiger partial charge in [-0.05, 0) is 26.2 Å². The lowest BCUT2D eigenvalue weighted by molar-refractivity contribution is 0.172. The second kappa shape index (κ2) is 8.91. The van der Waals surface area contributed by atoms with Gasteiger partial charge in [0.15, 0.2) is 0 Å². The summed E-state index contributed by atoms with van der Waals surface area (Å²) in [5.74, 6) is 6.19. The van der Waals surface area contributed by atoms with E-state index in [0.717, 1.165) is 11.3 Å². The van der Waals surface area contributed by atoms with E-state index in [9.17, 15) is 5.11 Å². The number of hydrogen-bond acceptors (Lipinski definition) is 4. The quantitative estimate of drug-likeness (QED) is 0.348. The van der Waals surface area contributed by atoms with E-state index in [2.05, 4.69) is 6.58 Å². The van der Waals surface area contributed by atoms with Crippen LogP contribution in [-0.4, -0.2) is 29.3 Å². The Labute approximate surface area is 111 Å². The van der Waals surface area contributed by atoms with E-state index in [-0.39, 0.29) is 12.0 Å². The van der Waals surface area contributed by atoms with E-state index in [4.69, 9.17) is 11.6 Å². The van der Waals surface area contributed by atoms with Gasteiger partial charge in [0.2, 0.25) is 0 Å². The van der Waals surface area contributed by atoms with Gasteiger partial charge in [-0.1, -0.05) is 37.3 Å². The van der Waals surface area contributed by atoms with Gasteiger partial charge < -0.3 is 15.8 Å². The van der Waals surface area contributed by atoms with Crippen LogP contribution in [0.25, 0.3) is 0 Å². The summed E-state index contributed by atoms with van der Waals surface area (Å²) in [6, 6.07) is 0. The van der Waals surface area contributed by atoms with Gasteiger partial charge in [-0.25, -0.2) is 5.84 Å². The molecule has 0 aliphatic carbocycles. The first-order valence-corrected chi connectivity index (χ1v) is 6.30. The molecule has 0 heterocycles. The molecular formula is C14H27N3O. The molecule has 0 saturated carbocycles. The fourth-order valence-corrected chi connectivity index (χ4v) is 1.70. The first-order valence-electron chi connectivity index (χ1n) is 6.30. The van der Waals surface area contributed by atoms with Gasteiger partial charge in [-0.2, -0.15) is 0 Å². The SMILES string of the molecule is C=C(C)/C=C\CN(N)C(=C[C@@H](C)CC(C)O)CN. The molecule has 0 aliphatic heterocycles. The van der Waals surface area contributed by atoms with Crippen LogP contribution in [0.5, 0.6) is 0 Å². The van der Waals surface area contributed by atoms with Crippen LogP contribution in [0, 0.1) is 5.92 Å². The number of hydrogen-bond donors (Lipinski definition) is 3. The van der Waals surface area contributed by atoms with Gasteiger partial charge in [0.25, 0.3) is 0 Å². The van der Waals surface area contributed by atoms with Gasteiger partial charge in [0.05, 0.1) is 12.6 Å². The lowest BCUT2D eigenvalue weighted by atomic mass is 10.0. The zero-order valence-electron chi connectivity index (χ0n) is 11.8. The molecule has 4 heteroatoms. The van der Waals surface area contributed by atoms with Crippen LogP contribution in [0.2, 0.25) is 0 Å². The number of aliphatic hydroxyl groups excluding tert-OH is 1. The molecule has 0 spiro atoms. The predicted molar refractivity (Wildman–Crippen MR) is 77.4 cm³/mol. The summed E-state index contributed by atoms with van der Waals surface area (Å²) in [5.41, 5.74) is 7.56. The van der Waals surface area contributed by atoms with Crippen LogP contribution >= 0.6 is 0 Å². The van der Waals surface area contributed by atoms with Crippen LogP contribution in [0.4, 0.5) is 0 Å². The third-order valence-electron chi connectivity index (χ3n) is 2.47. The summed E-state index contributed by atoms with van der Waals surface area (Å²) in [6.45, 7) is 10.5. The molecule has 18 heavy (non-hydrogen) atoms. The van der Waals surface area contributed by atoms with Gasteiger partial charge in [-0.3, -0.25) is 0 Å². The highest BCUT2D eigenvalue weighted by Crippen LogP contribution is 2.11. The lowest BCUT2D eigenvalue weighted by Crippen LogP contribution is -2.34. The van der Waals surface area contributed by atoms with E-state index in [1.54, 1.807) is 11.9 Å². The number of nitrogens with zero attached hydrogens (tertiary/aromatic N) is 1. The summed E-state index contributed by atoms with van der Waals surface area (Å²) < 4.78 is 0. The lowest BCUT2D eigenvalue weighted by Gasteiger charge is -2.21. The Morgan fingerprint density at radius 3 is 2.50 bits per heavy atom. The van der Waals surface area contributed by atoms with E-state index in [1.165, 1.54) is 0 Å². The average molecular weight is 253 g/mol. The minimum absolute atomic E-state index is 0.250. The van der Waals surface area contributed by atoms with Gasteiger partial charge in [0.1, 0.15) is 0 Å². The Morgan fingerprint density at radius 1 is 1.44 bits per heavy atom. The largest absolute Gasteiger partial charge is 0.393 e. The van der Waals surface area contributed by atoms with Crippen LogP contribution < -0.4 is 11.6 Å². The molecule has 0 aromatic rings. The van der Waals surface area contributed by atoms with Crippen LogP contribution in [0.3, 0.4) is 0 Å². The molecule has 0 radical (unpaired) electrons. The summed E-state index contributed by atoms with van der Waals surface area (Å²) in [5, 5.41) is 10.9. The zero-order chi connectivity index (χ0) is 14.1. The van der Waals surface area contributed by atoms with E-state index < -0.39 is 0 Å². The molecule has 0 aromatic carbocycles. The van der Waals surface area contributed by atoms with Crippen molar-refractivity contribution < 1.29 is 5.11 Å². The second-order valence-electron chi connectivity index (χ2n) is 4.83. The van der Waals surface area contributed by atoms with Crippen molar-refractivity contribution in [2.45, 2.75) is 33.3 Å². The monoisotopic (exact) mass is 253 g/mol. The Balaban J connectivity index is 4.46. The number of allylic oxidation sites excluding steroid dienone is 3. The molecule has 2 atom stereocenters. The van der Waals surface area contributed by atoms with Crippen molar-refractivity contribution in [3.8, 4) is 0 Å². The first-order chi connectivity index (χ1) is 8.36. The van der Waals surface area contributed by atoms with E-state index >= 15 is 0 Å². The van der Waals surface area contributed by atoms with Crippen LogP contribution in [0.15, 0.2) is 36.1 Å². The topological polar surface area (TPSA) is 75.5 Å². The van der Waals surface area contributed by atoms with Gasteiger partial charge >= 0.3 is 0 Å². The minimum atomic E-state index is -0.315. The molecule has 0 aromatic heterocycles. The molecule has 0 aliphatic rings. The summed E-state index contributed by atoms with van der Waals surface area (Å²) in [7, 11) is 0. The molecule has 0 amide bonds. The standard InChI is InChI=1S/C14H27N3O/c1-11(2)6-5-7-17(16)14(10-15)9-12(3)8-13(4)18/h5-6,9,12-13,18H,1,7-8,10,15-16H2,2-4H3/b6-5-,14-9?/t12-,13?/m0/s1. The van der Waals surface area contributed by atoms with Gasteiger partial charge in [-0.15, -0.1) is 0 Å².